The van der Waals surface area contributed by atoms with Gasteiger partial charge >= 0.3 is 0 Å². The molecule has 0 saturated carbocycles. The van der Waals surface area contributed by atoms with Crippen molar-refractivity contribution in [3.63, 3.8) is 0 Å². The molecule has 7 heteroatoms. The molecule has 0 spiro atoms. The molecule has 1 aromatic carbocycles. The maximum Gasteiger partial charge on any atom is 0.159 e. The Hall–Kier alpha value is -2.98. The van der Waals surface area contributed by atoms with Crippen molar-refractivity contribution in [1.82, 2.24) is 20.2 Å². The minimum Gasteiger partial charge on any atom is -0.399 e. The molecule has 1 fully saturated rings. The molecule has 3 aromatic rings. The third-order valence-corrected chi connectivity index (χ3v) is 5.88. The Morgan fingerprint density at radius 1 is 1.17 bits per heavy atom. The number of aromatic nitrogens is 4. The van der Waals surface area contributed by atoms with Crippen molar-refractivity contribution < 1.29 is 0 Å². The molecule has 1 saturated heterocycles. The van der Waals surface area contributed by atoms with Crippen LogP contribution in [0, 0.1) is 17.4 Å². The number of nitrogens with zero attached hydrogens (tertiary/aromatic N) is 5. The molecular weight excluding hydrogens is 376 g/mol. The summed E-state index contributed by atoms with van der Waals surface area (Å²) in [6.07, 6.45) is 7.42. The average Bonchev–Trinajstić information content (AvgIpc) is 3.14. The number of hydrogen-bond acceptors (Lipinski definition) is 6. The number of nitrogens with two attached hydrogens (primary N) is 1. The second-order valence-electron chi connectivity index (χ2n) is 8.71. The zero-order valence-corrected chi connectivity index (χ0v) is 18.2. The van der Waals surface area contributed by atoms with Gasteiger partial charge in [0.2, 0.25) is 0 Å². The molecule has 29 heavy (non-hydrogen) atoms. The molecule has 0 amide bonds. The van der Waals surface area contributed by atoms with Crippen molar-refractivity contribution in [2.75, 3.05) is 23.7 Å². The van der Waals surface area contributed by atoms with E-state index in [1.165, 1.54) is 0 Å². The second-order valence-corrected chi connectivity index (χ2v) is 13.5. The van der Waals surface area contributed by atoms with Gasteiger partial charge in [-0.3, -0.25) is 0 Å². The third-order valence-electron chi connectivity index (χ3n) is 5.01. The fraction of sp³-hybridized carbons (Fsp3) is 0.364. The Balaban J connectivity index is 1.44. The van der Waals surface area contributed by atoms with Gasteiger partial charge in [-0.15, -0.1) is 10.6 Å². The molecule has 1 aliphatic rings. The van der Waals surface area contributed by atoms with E-state index in [1.54, 1.807) is 6.20 Å². The first-order chi connectivity index (χ1) is 13.9. The summed E-state index contributed by atoms with van der Waals surface area (Å²) in [6, 6.07) is 5.90. The molecule has 1 aliphatic heterocycles. The van der Waals surface area contributed by atoms with Gasteiger partial charge < -0.3 is 10.6 Å². The Bertz CT molecular complexity index is 1080. The summed E-state index contributed by atoms with van der Waals surface area (Å²) in [5.41, 5.74) is 10.9. The molecule has 0 aliphatic carbocycles. The fourth-order valence-electron chi connectivity index (χ4n) is 3.56. The first-order valence-corrected chi connectivity index (χ1v) is 13.5. The number of fused-ring (bicyclic) bond motifs is 1. The number of nitrogen functional groups attached to an aromatic ring is 1. The number of benzene rings is 1. The van der Waals surface area contributed by atoms with Crippen LogP contribution in [-0.2, 0) is 6.42 Å². The topological polar surface area (TPSA) is 80.8 Å². The van der Waals surface area contributed by atoms with Crippen LogP contribution in [0.1, 0.15) is 17.8 Å². The molecule has 6 nitrogen and oxygen atoms in total. The maximum absolute atomic E-state index is 5.90. The predicted molar refractivity (Wildman–Crippen MR) is 120 cm³/mol. The van der Waals surface area contributed by atoms with Crippen LogP contribution >= 0.6 is 0 Å². The van der Waals surface area contributed by atoms with E-state index in [0.29, 0.717) is 5.92 Å². The Morgan fingerprint density at radius 3 is 2.72 bits per heavy atom. The molecule has 0 bridgehead atoms. The molecular formula is C22H26N6Si. The van der Waals surface area contributed by atoms with Gasteiger partial charge in [-0.2, -0.15) is 5.10 Å². The number of rotatable bonds is 3. The van der Waals surface area contributed by atoms with Crippen LogP contribution in [0.4, 0.5) is 11.5 Å². The van der Waals surface area contributed by atoms with Crippen LogP contribution in [0.3, 0.4) is 0 Å². The van der Waals surface area contributed by atoms with Crippen LogP contribution in [0.5, 0.6) is 0 Å². The maximum atomic E-state index is 5.90. The Labute approximate surface area is 172 Å². The third kappa shape index (κ3) is 4.72. The van der Waals surface area contributed by atoms with Crippen molar-refractivity contribution in [3.05, 3.63) is 48.2 Å². The van der Waals surface area contributed by atoms with Crippen molar-refractivity contribution in [1.29, 1.82) is 0 Å². The highest BCUT2D eigenvalue weighted by Gasteiger charge is 2.26. The van der Waals surface area contributed by atoms with Gasteiger partial charge in [-0.1, -0.05) is 25.6 Å². The molecule has 148 valence electrons. The van der Waals surface area contributed by atoms with E-state index >= 15 is 0 Å². The van der Waals surface area contributed by atoms with Gasteiger partial charge in [0, 0.05) is 48.4 Å². The van der Waals surface area contributed by atoms with Crippen LogP contribution in [0.2, 0.25) is 19.6 Å². The van der Waals surface area contributed by atoms with E-state index in [2.05, 4.69) is 56.2 Å². The lowest BCUT2D eigenvalue weighted by molar-refractivity contribution is 0.566. The summed E-state index contributed by atoms with van der Waals surface area (Å²) in [6.45, 7) is 8.59. The van der Waals surface area contributed by atoms with E-state index in [-0.39, 0.29) is 0 Å². The van der Waals surface area contributed by atoms with Crippen LogP contribution in [0.25, 0.3) is 10.8 Å². The molecule has 4 rings (SSSR count). The van der Waals surface area contributed by atoms with Crippen molar-refractivity contribution in [3.8, 4) is 11.5 Å². The Kier molecular flexibility index (Phi) is 5.20. The van der Waals surface area contributed by atoms with Crippen LogP contribution in [-0.4, -0.2) is 41.3 Å². The van der Waals surface area contributed by atoms with Gasteiger partial charge in [0.1, 0.15) is 13.9 Å². The smallest absolute Gasteiger partial charge is 0.159 e. The summed E-state index contributed by atoms with van der Waals surface area (Å²) >= 11 is 0. The van der Waals surface area contributed by atoms with Crippen molar-refractivity contribution in [2.45, 2.75) is 32.5 Å². The fourth-order valence-corrected chi connectivity index (χ4v) is 4.08. The standard InChI is InChI=1S/C22H26N6Si/c1-29(2,3)9-7-17-12-24-21(25-13-17)10-16-6-8-28(15-16)22-20-5-4-19(23)11-18(20)14-26-27-22/h4-5,11-14,16H,6,8,10,15,23H2,1-3H3/t16-/m0/s1. The van der Waals surface area contributed by atoms with Gasteiger partial charge in [-0.05, 0) is 30.5 Å². The van der Waals surface area contributed by atoms with Gasteiger partial charge in [0.25, 0.3) is 0 Å². The van der Waals surface area contributed by atoms with E-state index in [1.807, 2.05) is 30.6 Å². The summed E-state index contributed by atoms with van der Waals surface area (Å²) in [5.74, 6) is 5.52. The van der Waals surface area contributed by atoms with E-state index in [9.17, 15) is 0 Å². The van der Waals surface area contributed by atoms with Crippen molar-refractivity contribution in [2.24, 2.45) is 5.92 Å². The first kappa shape index (κ1) is 19.3. The molecule has 1 atom stereocenters. The highest BCUT2D eigenvalue weighted by Crippen LogP contribution is 2.30. The molecule has 0 unspecified atom stereocenters. The van der Waals surface area contributed by atoms with Gasteiger partial charge in [0.15, 0.2) is 5.82 Å². The highest BCUT2D eigenvalue weighted by atomic mass is 28.3. The quantitative estimate of drug-likeness (QED) is 0.411. The predicted octanol–water partition coefficient (Wildman–Crippen LogP) is 3.30. The number of hydrogen-bond donors (Lipinski definition) is 1. The minimum atomic E-state index is -1.39. The summed E-state index contributed by atoms with van der Waals surface area (Å²) < 4.78 is 0. The normalized spacial score (nSPS) is 16.7. The zero-order chi connectivity index (χ0) is 20.4. The average molecular weight is 403 g/mol. The molecule has 3 heterocycles. The summed E-state index contributed by atoms with van der Waals surface area (Å²) in [7, 11) is -1.39. The Morgan fingerprint density at radius 2 is 1.97 bits per heavy atom. The zero-order valence-electron chi connectivity index (χ0n) is 17.2. The van der Waals surface area contributed by atoms with Gasteiger partial charge in [0.05, 0.1) is 11.8 Å². The second kappa shape index (κ2) is 7.80. The largest absolute Gasteiger partial charge is 0.399 e. The van der Waals surface area contributed by atoms with E-state index < -0.39 is 8.07 Å². The molecule has 2 N–H and O–H groups in total. The lowest BCUT2D eigenvalue weighted by atomic mass is 10.0. The van der Waals surface area contributed by atoms with Crippen molar-refractivity contribution >= 4 is 30.4 Å². The monoisotopic (exact) mass is 402 g/mol. The molecule has 0 radical (unpaired) electrons. The van der Waals surface area contributed by atoms with Crippen LogP contribution in [0.15, 0.2) is 36.8 Å². The number of anilines is 2. The van der Waals surface area contributed by atoms with Crippen LogP contribution < -0.4 is 10.6 Å². The van der Waals surface area contributed by atoms with E-state index in [0.717, 1.165) is 59.6 Å². The SMILES string of the molecule is C[Si](C)(C)C#Cc1cnc(C[C@@H]2CCN(c3nncc4cc(N)ccc34)C2)nc1. The lowest BCUT2D eigenvalue weighted by Crippen LogP contribution is -2.22. The molecule has 2 aromatic heterocycles. The lowest BCUT2D eigenvalue weighted by Gasteiger charge is -2.18. The first-order valence-electron chi connectivity index (χ1n) is 9.97. The minimum absolute atomic E-state index is 0.500. The highest BCUT2D eigenvalue weighted by molar-refractivity contribution is 6.83. The van der Waals surface area contributed by atoms with Gasteiger partial charge in [-0.25, -0.2) is 9.97 Å². The summed E-state index contributed by atoms with van der Waals surface area (Å²) in [4.78, 5) is 11.4. The van der Waals surface area contributed by atoms with E-state index in [4.69, 9.17) is 5.73 Å². The summed E-state index contributed by atoms with van der Waals surface area (Å²) in [5, 5.41) is 10.7.